The maximum atomic E-state index is 12.9. The number of rotatable bonds is 5. The zero-order chi connectivity index (χ0) is 18.9. The number of carbonyl (C=O) groups is 1. The van der Waals surface area contributed by atoms with Gasteiger partial charge < -0.3 is 19.5 Å². The molecular formula is C18H19N3O5. The summed E-state index contributed by atoms with van der Waals surface area (Å²) in [7, 11) is 1.23. The molecule has 1 aromatic rings. The van der Waals surface area contributed by atoms with E-state index in [2.05, 4.69) is 5.10 Å². The minimum atomic E-state index is -1.10. The molecule has 2 N–H and O–H groups in total. The van der Waals surface area contributed by atoms with Crippen LogP contribution in [0.3, 0.4) is 0 Å². The molecule has 0 fully saturated rings. The van der Waals surface area contributed by atoms with Crippen LogP contribution in [0.4, 0.5) is 0 Å². The van der Waals surface area contributed by atoms with Gasteiger partial charge in [0, 0.05) is 12.4 Å². The monoisotopic (exact) mass is 357 g/mol. The van der Waals surface area contributed by atoms with Crippen molar-refractivity contribution in [3.8, 4) is 16.9 Å². The summed E-state index contributed by atoms with van der Waals surface area (Å²) in [4.78, 5) is 25.1. The Kier molecular flexibility index (Phi) is 4.62. The summed E-state index contributed by atoms with van der Waals surface area (Å²) in [6.07, 6.45) is 2.89. The predicted molar refractivity (Wildman–Crippen MR) is 93.6 cm³/mol. The highest BCUT2D eigenvalue weighted by Gasteiger charge is 2.30. The van der Waals surface area contributed by atoms with Crippen molar-refractivity contribution in [2.24, 2.45) is 0 Å². The van der Waals surface area contributed by atoms with E-state index in [9.17, 15) is 19.8 Å². The average Bonchev–Trinajstić information content (AvgIpc) is 3.03. The van der Waals surface area contributed by atoms with Gasteiger partial charge in [0.05, 0.1) is 37.1 Å². The number of para-hydroxylation sites is 1. The zero-order valence-electron chi connectivity index (χ0n) is 14.4. The number of fused-ring (bicyclic) bond motifs is 1. The van der Waals surface area contributed by atoms with E-state index in [4.69, 9.17) is 4.74 Å². The summed E-state index contributed by atoms with van der Waals surface area (Å²) in [5.41, 5.74) is -0.500. The summed E-state index contributed by atoms with van der Waals surface area (Å²) in [6.45, 7) is 0.828. The SMILES string of the molecule is COC(=O)c1cn(C(C)(CO)CO)cc2c(=O)n(-c3ccccc3)nc1-2. The normalized spacial score (nSPS) is 11.7. The van der Waals surface area contributed by atoms with Gasteiger partial charge in [0.15, 0.2) is 0 Å². The Morgan fingerprint density at radius 3 is 2.42 bits per heavy atom. The number of aromatic nitrogens is 3. The Balaban J connectivity index is 2.33. The Morgan fingerprint density at radius 2 is 1.85 bits per heavy atom. The predicted octanol–water partition coefficient (Wildman–Crippen LogP) is 0.625. The van der Waals surface area contributed by atoms with Crippen molar-refractivity contribution in [3.63, 3.8) is 0 Å². The van der Waals surface area contributed by atoms with Gasteiger partial charge in [0.2, 0.25) is 0 Å². The largest absolute Gasteiger partial charge is 0.465 e. The molecule has 2 aliphatic rings. The summed E-state index contributed by atoms with van der Waals surface area (Å²) in [6, 6.07) is 8.82. The minimum Gasteiger partial charge on any atom is -0.465 e. The van der Waals surface area contributed by atoms with Crippen LogP contribution in [0.15, 0.2) is 47.5 Å². The van der Waals surface area contributed by atoms with Gasteiger partial charge in [-0.05, 0) is 19.1 Å². The number of carbonyl (C=O) groups excluding carboxylic acids is 1. The number of nitrogens with zero attached hydrogens (tertiary/aromatic N) is 3. The molecular weight excluding hydrogens is 338 g/mol. The highest BCUT2D eigenvalue weighted by Crippen LogP contribution is 2.26. The molecule has 0 aliphatic carbocycles. The highest BCUT2D eigenvalue weighted by molar-refractivity contribution is 5.96. The third-order valence-corrected chi connectivity index (χ3v) is 4.38. The molecule has 8 heteroatoms. The van der Waals surface area contributed by atoms with Crippen LogP contribution >= 0.6 is 0 Å². The molecule has 0 saturated carbocycles. The number of methoxy groups -OCH3 is 1. The van der Waals surface area contributed by atoms with E-state index >= 15 is 0 Å². The Hall–Kier alpha value is -2.97. The number of pyridine rings is 1. The summed E-state index contributed by atoms with van der Waals surface area (Å²) < 4.78 is 7.46. The van der Waals surface area contributed by atoms with E-state index in [0.29, 0.717) is 5.69 Å². The second-order valence-electron chi connectivity index (χ2n) is 6.20. The Morgan fingerprint density at radius 1 is 1.19 bits per heavy atom. The van der Waals surface area contributed by atoms with Crippen molar-refractivity contribution in [3.05, 3.63) is 58.6 Å². The number of esters is 1. The van der Waals surface area contributed by atoms with Crippen LogP contribution in [0.1, 0.15) is 17.3 Å². The van der Waals surface area contributed by atoms with Crippen LogP contribution in [0.25, 0.3) is 16.9 Å². The minimum absolute atomic E-state index is 0.0740. The van der Waals surface area contributed by atoms with Gasteiger partial charge in [0.1, 0.15) is 11.3 Å². The first-order valence-electron chi connectivity index (χ1n) is 7.96. The van der Waals surface area contributed by atoms with Crippen molar-refractivity contribution in [1.82, 2.24) is 14.3 Å². The molecule has 8 nitrogen and oxygen atoms in total. The Labute approximate surface area is 149 Å². The smallest absolute Gasteiger partial charge is 0.341 e. The lowest BCUT2D eigenvalue weighted by Crippen LogP contribution is -2.38. The van der Waals surface area contributed by atoms with Crippen LogP contribution in [0.2, 0.25) is 0 Å². The molecule has 136 valence electrons. The van der Waals surface area contributed by atoms with Crippen molar-refractivity contribution in [1.29, 1.82) is 0 Å². The number of hydrogen-bond donors (Lipinski definition) is 2. The molecule has 0 aromatic heterocycles. The van der Waals surface area contributed by atoms with Crippen LogP contribution in [-0.4, -0.2) is 50.9 Å². The molecule has 0 radical (unpaired) electrons. The van der Waals surface area contributed by atoms with Crippen LogP contribution in [-0.2, 0) is 10.3 Å². The topological polar surface area (TPSA) is 107 Å². The van der Waals surface area contributed by atoms with Crippen molar-refractivity contribution in [2.75, 3.05) is 20.3 Å². The summed E-state index contributed by atoms with van der Waals surface area (Å²) >= 11 is 0. The van der Waals surface area contributed by atoms with Gasteiger partial charge >= 0.3 is 5.97 Å². The van der Waals surface area contributed by atoms with Gasteiger partial charge in [-0.15, -0.1) is 0 Å². The van der Waals surface area contributed by atoms with Gasteiger partial charge in [-0.25, -0.2) is 4.79 Å². The number of hydrogen-bond acceptors (Lipinski definition) is 6. The molecule has 0 unspecified atom stereocenters. The maximum Gasteiger partial charge on any atom is 0.341 e. The number of benzene rings is 1. The van der Waals surface area contributed by atoms with E-state index in [1.165, 1.54) is 28.8 Å². The number of aliphatic hydroxyl groups is 2. The van der Waals surface area contributed by atoms with E-state index in [0.717, 1.165) is 0 Å². The van der Waals surface area contributed by atoms with Gasteiger partial charge in [-0.2, -0.15) is 9.78 Å². The van der Waals surface area contributed by atoms with Crippen LogP contribution in [0.5, 0.6) is 0 Å². The van der Waals surface area contributed by atoms with E-state index in [1.807, 2.05) is 6.07 Å². The van der Waals surface area contributed by atoms with Crippen molar-refractivity contribution >= 4 is 5.97 Å². The maximum absolute atomic E-state index is 12.9. The molecule has 0 amide bonds. The lowest BCUT2D eigenvalue weighted by Gasteiger charge is -2.29. The third-order valence-electron chi connectivity index (χ3n) is 4.38. The fourth-order valence-electron chi connectivity index (χ4n) is 2.64. The summed E-state index contributed by atoms with van der Waals surface area (Å²) in [5, 5.41) is 23.6. The molecule has 2 heterocycles. The van der Waals surface area contributed by atoms with Gasteiger partial charge in [-0.3, -0.25) is 4.79 Å². The first-order chi connectivity index (χ1) is 12.4. The highest BCUT2D eigenvalue weighted by atomic mass is 16.5. The number of aliphatic hydroxyl groups excluding tert-OH is 2. The first kappa shape index (κ1) is 17.8. The number of ether oxygens (including phenoxy) is 1. The molecule has 0 saturated heterocycles. The van der Waals surface area contributed by atoms with E-state index in [1.54, 1.807) is 31.2 Å². The van der Waals surface area contributed by atoms with Crippen molar-refractivity contribution < 1.29 is 19.7 Å². The Bertz CT molecular complexity index is 957. The molecule has 26 heavy (non-hydrogen) atoms. The van der Waals surface area contributed by atoms with E-state index in [-0.39, 0.29) is 30.0 Å². The standard InChI is InChI=1S/C18H19N3O5/c1-18(10-22,11-23)20-8-13-15(14(9-20)17(25)26-2)19-21(16(13)24)12-6-4-3-5-7-12/h3-9,22-23H,10-11H2,1-2H3. The zero-order valence-corrected chi connectivity index (χ0v) is 14.4. The first-order valence-corrected chi connectivity index (χ1v) is 7.96. The molecule has 3 rings (SSSR count). The summed E-state index contributed by atoms with van der Waals surface area (Å²) in [5.74, 6) is -0.666. The second-order valence-corrected chi connectivity index (χ2v) is 6.20. The van der Waals surface area contributed by atoms with E-state index < -0.39 is 17.1 Å². The lowest BCUT2D eigenvalue weighted by molar-refractivity contribution is 0.0590. The molecule has 1 aromatic carbocycles. The fraction of sp³-hybridized carbons (Fsp3) is 0.278. The molecule has 0 bridgehead atoms. The van der Waals surface area contributed by atoms with Gasteiger partial charge in [0.25, 0.3) is 5.56 Å². The second kappa shape index (κ2) is 6.74. The molecule has 2 aliphatic heterocycles. The van der Waals surface area contributed by atoms with Crippen LogP contribution in [0, 0.1) is 0 Å². The third kappa shape index (κ3) is 2.79. The molecule has 0 spiro atoms. The fourth-order valence-corrected chi connectivity index (χ4v) is 2.64. The average molecular weight is 357 g/mol. The lowest BCUT2D eigenvalue weighted by atomic mass is 10.0. The molecule has 0 atom stereocenters. The van der Waals surface area contributed by atoms with Crippen LogP contribution < -0.4 is 5.56 Å². The van der Waals surface area contributed by atoms with Gasteiger partial charge in [-0.1, -0.05) is 18.2 Å². The van der Waals surface area contributed by atoms with Crippen molar-refractivity contribution in [2.45, 2.75) is 12.5 Å². The quantitative estimate of drug-likeness (QED) is 0.649.